The van der Waals surface area contributed by atoms with Crippen LogP contribution < -0.4 is 5.73 Å². The topological polar surface area (TPSA) is 85.0 Å². The third-order valence-electron chi connectivity index (χ3n) is 3.13. The van der Waals surface area contributed by atoms with Crippen LogP contribution in [-0.2, 0) is 6.54 Å². The molecule has 0 radical (unpaired) electrons. The van der Waals surface area contributed by atoms with E-state index >= 15 is 0 Å². The zero-order valence-corrected chi connectivity index (χ0v) is 13.4. The SMILES string of the molecule is Cc1ncsc1CN(C)C(=O)c1nc(C(C)C)ncc1N. The molecule has 1 amide bonds. The molecule has 0 atom stereocenters. The van der Waals surface area contributed by atoms with Gasteiger partial charge in [0.2, 0.25) is 0 Å². The number of hydrogen-bond acceptors (Lipinski definition) is 6. The van der Waals surface area contributed by atoms with Crippen molar-refractivity contribution in [2.24, 2.45) is 0 Å². The molecule has 7 heteroatoms. The molecule has 0 bridgehead atoms. The van der Waals surface area contributed by atoms with Crippen LogP contribution in [0.2, 0.25) is 0 Å². The zero-order chi connectivity index (χ0) is 15.6. The average Bonchev–Trinajstić information content (AvgIpc) is 2.83. The predicted molar refractivity (Wildman–Crippen MR) is 83.2 cm³/mol. The number of hydrogen-bond donors (Lipinski definition) is 1. The van der Waals surface area contributed by atoms with E-state index in [-0.39, 0.29) is 17.5 Å². The Balaban J connectivity index is 2.23. The van der Waals surface area contributed by atoms with Gasteiger partial charge in [-0.3, -0.25) is 4.79 Å². The molecule has 0 aliphatic carbocycles. The van der Waals surface area contributed by atoms with Crippen molar-refractivity contribution in [1.29, 1.82) is 0 Å². The Morgan fingerprint density at radius 3 is 2.71 bits per heavy atom. The molecular formula is C14H19N5OS. The van der Waals surface area contributed by atoms with Crippen molar-refractivity contribution in [2.75, 3.05) is 12.8 Å². The molecular weight excluding hydrogens is 286 g/mol. The van der Waals surface area contributed by atoms with Crippen molar-refractivity contribution in [1.82, 2.24) is 19.9 Å². The van der Waals surface area contributed by atoms with Crippen LogP contribution in [-0.4, -0.2) is 32.8 Å². The number of aryl methyl sites for hydroxylation is 1. The number of nitrogen functional groups attached to an aromatic ring is 1. The largest absolute Gasteiger partial charge is 0.396 e. The number of anilines is 1. The van der Waals surface area contributed by atoms with Crippen LogP contribution >= 0.6 is 11.3 Å². The van der Waals surface area contributed by atoms with Gasteiger partial charge in [-0.2, -0.15) is 0 Å². The van der Waals surface area contributed by atoms with E-state index in [0.29, 0.717) is 18.1 Å². The second-order valence-electron chi connectivity index (χ2n) is 5.21. The van der Waals surface area contributed by atoms with Crippen molar-refractivity contribution in [2.45, 2.75) is 33.2 Å². The second kappa shape index (κ2) is 6.17. The molecule has 112 valence electrons. The number of carbonyl (C=O) groups excluding carboxylic acids is 1. The zero-order valence-electron chi connectivity index (χ0n) is 12.6. The third kappa shape index (κ3) is 3.36. The van der Waals surface area contributed by atoms with Crippen molar-refractivity contribution in [3.63, 3.8) is 0 Å². The minimum atomic E-state index is -0.204. The standard InChI is InChI=1S/C14H19N5OS/c1-8(2)13-16-5-10(15)12(18-13)14(20)19(4)6-11-9(3)17-7-21-11/h5,7-8H,6,15H2,1-4H3. The Hall–Kier alpha value is -2.02. The summed E-state index contributed by atoms with van der Waals surface area (Å²) in [6, 6.07) is 0. The van der Waals surface area contributed by atoms with Crippen LogP contribution in [0.5, 0.6) is 0 Å². The summed E-state index contributed by atoms with van der Waals surface area (Å²) >= 11 is 1.53. The smallest absolute Gasteiger partial charge is 0.274 e. The third-order valence-corrected chi connectivity index (χ3v) is 4.05. The maximum Gasteiger partial charge on any atom is 0.274 e. The number of nitrogens with zero attached hydrogens (tertiary/aromatic N) is 4. The highest BCUT2D eigenvalue weighted by Gasteiger charge is 2.19. The van der Waals surface area contributed by atoms with E-state index in [4.69, 9.17) is 5.73 Å². The Morgan fingerprint density at radius 2 is 2.14 bits per heavy atom. The molecule has 2 aromatic heterocycles. The first-order valence-electron chi connectivity index (χ1n) is 6.67. The lowest BCUT2D eigenvalue weighted by Crippen LogP contribution is -2.28. The molecule has 6 nitrogen and oxygen atoms in total. The van der Waals surface area contributed by atoms with Gasteiger partial charge in [0, 0.05) is 17.8 Å². The highest BCUT2D eigenvalue weighted by atomic mass is 32.1. The van der Waals surface area contributed by atoms with Gasteiger partial charge in [-0.15, -0.1) is 11.3 Å². The highest BCUT2D eigenvalue weighted by Crippen LogP contribution is 2.18. The van der Waals surface area contributed by atoms with Crippen LogP contribution in [0, 0.1) is 6.92 Å². The first-order valence-corrected chi connectivity index (χ1v) is 7.55. The fraction of sp³-hybridized carbons (Fsp3) is 0.429. The molecule has 2 heterocycles. The lowest BCUT2D eigenvalue weighted by molar-refractivity contribution is 0.0781. The summed E-state index contributed by atoms with van der Waals surface area (Å²) in [5.41, 5.74) is 9.13. The Bertz CT molecular complexity index is 653. The number of amides is 1. The van der Waals surface area contributed by atoms with Gasteiger partial charge in [0.15, 0.2) is 5.69 Å². The summed E-state index contributed by atoms with van der Waals surface area (Å²) in [6.45, 7) is 6.38. The number of aromatic nitrogens is 3. The summed E-state index contributed by atoms with van der Waals surface area (Å²) in [5, 5.41) is 0. The maximum absolute atomic E-state index is 12.5. The predicted octanol–water partition coefficient (Wildman–Crippen LogP) is 2.22. The molecule has 0 aliphatic rings. The molecule has 0 aliphatic heterocycles. The van der Waals surface area contributed by atoms with E-state index in [9.17, 15) is 4.79 Å². The summed E-state index contributed by atoms with van der Waals surface area (Å²) < 4.78 is 0. The molecule has 21 heavy (non-hydrogen) atoms. The van der Waals surface area contributed by atoms with E-state index in [1.165, 1.54) is 17.5 Å². The summed E-state index contributed by atoms with van der Waals surface area (Å²) in [4.78, 5) is 27.8. The van der Waals surface area contributed by atoms with Gasteiger partial charge in [0.25, 0.3) is 5.91 Å². The van der Waals surface area contributed by atoms with E-state index in [1.54, 1.807) is 17.5 Å². The van der Waals surface area contributed by atoms with E-state index in [1.807, 2.05) is 20.8 Å². The second-order valence-corrected chi connectivity index (χ2v) is 6.15. The Kier molecular flexibility index (Phi) is 4.52. The Morgan fingerprint density at radius 1 is 1.43 bits per heavy atom. The van der Waals surface area contributed by atoms with Gasteiger partial charge >= 0.3 is 0 Å². The van der Waals surface area contributed by atoms with Crippen LogP contribution in [0.25, 0.3) is 0 Å². The molecule has 0 saturated heterocycles. The van der Waals surface area contributed by atoms with Crippen LogP contribution in [0.3, 0.4) is 0 Å². The summed E-state index contributed by atoms with van der Waals surface area (Å²) in [6.07, 6.45) is 1.50. The average molecular weight is 305 g/mol. The first-order chi connectivity index (χ1) is 9.90. The summed E-state index contributed by atoms with van der Waals surface area (Å²) in [5.74, 6) is 0.561. The minimum absolute atomic E-state index is 0.145. The normalized spacial score (nSPS) is 10.9. The molecule has 0 saturated carbocycles. The number of rotatable bonds is 4. The molecule has 2 N–H and O–H groups in total. The number of carbonyl (C=O) groups is 1. The minimum Gasteiger partial charge on any atom is -0.396 e. The van der Waals surface area contributed by atoms with E-state index < -0.39 is 0 Å². The van der Waals surface area contributed by atoms with Crippen molar-refractivity contribution < 1.29 is 4.79 Å². The molecule has 0 aromatic carbocycles. The fourth-order valence-corrected chi connectivity index (χ4v) is 2.63. The number of nitrogens with two attached hydrogens (primary N) is 1. The quantitative estimate of drug-likeness (QED) is 0.936. The van der Waals surface area contributed by atoms with Gasteiger partial charge in [-0.1, -0.05) is 13.8 Å². The van der Waals surface area contributed by atoms with E-state index in [0.717, 1.165) is 10.6 Å². The van der Waals surface area contributed by atoms with E-state index in [2.05, 4.69) is 15.0 Å². The summed E-state index contributed by atoms with van der Waals surface area (Å²) in [7, 11) is 1.73. The lowest BCUT2D eigenvalue weighted by Gasteiger charge is -2.17. The van der Waals surface area contributed by atoms with Gasteiger partial charge in [-0.05, 0) is 6.92 Å². The van der Waals surface area contributed by atoms with Gasteiger partial charge in [0.1, 0.15) is 5.82 Å². The molecule has 0 spiro atoms. The van der Waals surface area contributed by atoms with Crippen LogP contribution in [0.4, 0.5) is 5.69 Å². The fourth-order valence-electron chi connectivity index (χ4n) is 1.80. The lowest BCUT2D eigenvalue weighted by atomic mass is 10.2. The first kappa shape index (κ1) is 15.4. The number of thiazole rings is 1. The Labute approximate surface area is 128 Å². The highest BCUT2D eigenvalue weighted by molar-refractivity contribution is 7.09. The van der Waals surface area contributed by atoms with Crippen molar-refractivity contribution in [3.05, 3.63) is 33.8 Å². The molecule has 2 rings (SSSR count). The molecule has 0 unspecified atom stereocenters. The monoisotopic (exact) mass is 305 g/mol. The van der Waals surface area contributed by atoms with Crippen LogP contribution in [0.1, 0.15) is 46.6 Å². The van der Waals surface area contributed by atoms with Gasteiger partial charge < -0.3 is 10.6 Å². The molecule has 2 aromatic rings. The van der Waals surface area contributed by atoms with Gasteiger partial charge in [-0.25, -0.2) is 15.0 Å². The molecule has 0 fully saturated rings. The van der Waals surface area contributed by atoms with Crippen LogP contribution in [0.15, 0.2) is 11.7 Å². The maximum atomic E-state index is 12.5. The van der Waals surface area contributed by atoms with Crippen molar-refractivity contribution in [3.8, 4) is 0 Å². The van der Waals surface area contributed by atoms with Gasteiger partial charge in [0.05, 0.1) is 29.6 Å². The van der Waals surface area contributed by atoms with Crippen molar-refractivity contribution >= 4 is 22.9 Å².